The lowest BCUT2D eigenvalue weighted by Gasteiger charge is -2.36. The fourth-order valence-electron chi connectivity index (χ4n) is 5.37. The van der Waals surface area contributed by atoms with E-state index >= 15 is 0 Å². The lowest BCUT2D eigenvalue weighted by molar-refractivity contribution is -0.134. The Kier molecular flexibility index (Phi) is 7.70. The molecule has 2 aromatic carbocycles. The van der Waals surface area contributed by atoms with Crippen LogP contribution in [-0.4, -0.2) is 82.1 Å². The molecule has 2 aliphatic rings. The van der Waals surface area contributed by atoms with Crippen LogP contribution in [0.4, 0.5) is 0 Å². The van der Waals surface area contributed by atoms with Crippen LogP contribution in [0.2, 0.25) is 0 Å². The van der Waals surface area contributed by atoms with E-state index in [1.807, 2.05) is 58.5 Å². The minimum absolute atomic E-state index is 0.0117. The number of likely N-dealkylation sites (tertiary alicyclic amines) is 1. The second-order valence-corrected chi connectivity index (χ2v) is 10.3. The molecule has 3 aromatic rings. The van der Waals surface area contributed by atoms with Crippen LogP contribution in [0.15, 0.2) is 60.8 Å². The molecular weight excluding hydrogens is 462 g/mol. The topological polar surface area (TPSA) is 61.7 Å². The SMILES string of the molecule is CCN1CCN(C(=O)CC2CCN(C(=O)c3cn(-c4ccc(C)cc4)nc3-c3ccccc3)CC2)CC1. The molecule has 1 aromatic heterocycles. The first-order chi connectivity index (χ1) is 18.0. The molecule has 2 fully saturated rings. The summed E-state index contributed by atoms with van der Waals surface area (Å²) >= 11 is 0. The minimum Gasteiger partial charge on any atom is -0.340 e. The molecule has 37 heavy (non-hydrogen) atoms. The van der Waals surface area contributed by atoms with Gasteiger partial charge in [-0.3, -0.25) is 9.59 Å². The number of carbonyl (C=O) groups is 2. The van der Waals surface area contributed by atoms with E-state index in [-0.39, 0.29) is 11.8 Å². The number of amides is 2. The Balaban J connectivity index is 1.26. The normalized spacial score (nSPS) is 17.2. The molecule has 0 radical (unpaired) electrons. The number of hydrogen-bond acceptors (Lipinski definition) is 4. The highest BCUT2D eigenvalue weighted by molar-refractivity contribution is 6.00. The van der Waals surface area contributed by atoms with Crippen LogP contribution in [-0.2, 0) is 4.79 Å². The van der Waals surface area contributed by atoms with Gasteiger partial charge in [-0.1, -0.05) is 55.0 Å². The minimum atomic E-state index is 0.0117. The Hall–Kier alpha value is -3.45. The van der Waals surface area contributed by atoms with Gasteiger partial charge >= 0.3 is 0 Å². The quantitative estimate of drug-likeness (QED) is 0.509. The number of hydrogen-bond donors (Lipinski definition) is 0. The standard InChI is InChI=1S/C30H37N5O2/c1-3-32-17-19-33(20-18-32)28(36)21-24-13-15-34(16-14-24)30(37)27-22-35(26-11-9-23(2)10-12-26)31-29(27)25-7-5-4-6-8-25/h4-12,22,24H,3,13-21H2,1-2H3. The average molecular weight is 500 g/mol. The van der Waals surface area contributed by atoms with Crippen molar-refractivity contribution in [1.82, 2.24) is 24.5 Å². The molecule has 0 bridgehead atoms. The molecular formula is C30H37N5O2. The van der Waals surface area contributed by atoms with Gasteiger partial charge in [0.15, 0.2) is 0 Å². The van der Waals surface area contributed by atoms with Crippen LogP contribution in [0, 0.1) is 12.8 Å². The van der Waals surface area contributed by atoms with Crippen molar-refractivity contribution >= 4 is 11.8 Å². The summed E-state index contributed by atoms with van der Waals surface area (Å²) in [4.78, 5) is 32.9. The largest absolute Gasteiger partial charge is 0.340 e. The van der Waals surface area contributed by atoms with Crippen LogP contribution < -0.4 is 0 Å². The van der Waals surface area contributed by atoms with Crippen LogP contribution in [0.3, 0.4) is 0 Å². The third-order valence-electron chi connectivity index (χ3n) is 7.83. The molecule has 2 aliphatic heterocycles. The van der Waals surface area contributed by atoms with E-state index in [4.69, 9.17) is 5.10 Å². The predicted molar refractivity (Wildman–Crippen MR) is 146 cm³/mol. The van der Waals surface area contributed by atoms with Gasteiger partial charge in [0.1, 0.15) is 5.69 Å². The number of piperidine rings is 1. The van der Waals surface area contributed by atoms with Crippen molar-refractivity contribution in [3.8, 4) is 16.9 Å². The zero-order valence-corrected chi connectivity index (χ0v) is 22.0. The number of nitrogens with zero attached hydrogens (tertiary/aromatic N) is 5. The number of rotatable bonds is 6. The summed E-state index contributed by atoms with van der Waals surface area (Å²) in [6.45, 7) is 10.2. The van der Waals surface area contributed by atoms with E-state index in [2.05, 4.69) is 30.9 Å². The van der Waals surface area contributed by atoms with Gasteiger partial charge < -0.3 is 14.7 Å². The van der Waals surface area contributed by atoms with Crippen LogP contribution in [0.5, 0.6) is 0 Å². The first kappa shape index (κ1) is 25.2. The van der Waals surface area contributed by atoms with Crippen molar-refractivity contribution in [1.29, 1.82) is 0 Å². The number of carbonyl (C=O) groups excluding carboxylic acids is 2. The molecule has 7 heteroatoms. The number of benzene rings is 2. The first-order valence-corrected chi connectivity index (χ1v) is 13.5. The van der Waals surface area contributed by atoms with Gasteiger partial charge in [0.05, 0.1) is 11.3 Å². The zero-order chi connectivity index (χ0) is 25.8. The predicted octanol–water partition coefficient (Wildman–Crippen LogP) is 4.25. The fraction of sp³-hybridized carbons (Fsp3) is 0.433. The molecule has 0 spiro atoms. The van der Waals surface area contributed by atoms with E-state index in [1.165, 1.54) is 5.56 Å². The van der Waals surface area contributed by atoms with Crippen molar-refractivity contribution in [3.63, 3.8) is 0 Å². The smallest absolute Gasteiger partial charge is 0.257 e. The lowest BCUT2D eigenvalue weighted by atomic mass is 9.92. The summed E-state index contributed by atoms with van der Waals surface area (Å²) in [5, 5.41) is 4.83. The van der Waals surface area contributed by atoms with Crippen LogP contribution >= 0.6 is 0 Å². The molecule has 7 nitrogen and oxygen atoms in total. The Morgan fingerprint density at radius 2 is 1.54 bits per heavy atom. The van der Waals surface area contributed by atoms with Gasteiger partial charge in [-0.05, 0) is 44.4 Å². The Morgan fingerprint density at radius 3 is 2.19 bits per heavy atom. The summed E-state index contributed by atoms with van der Waals surface area (Å²) in [5.74, 6) is 0.619. The number of piperazine rings is 1. The van der Waals surface area contributed by atoms with Crippen LogP contribution in [0.1, 0.15) is 42.1 Å². The summed E-state index contributed by atoms with van der Waals surface area (Å²) < 4.78 is 1.80. The Labute approximate surface area is 219 Å². The second-order valence-electron chi connectivity index (χ2n) is 10.3. The summed E-state index contributed by atoms with van der Waals surface area (Å²) in [7, 11) is 0. The Morgan fingerprint density at radius 1 is 0.865 bits per heavy atom. The summed E-state index contributed by atoms with van der Waals surface area (Å²) in [6.07, 6.45) is 4.17. The molecule has 0 saturated carbocycles. The molecule has 0 aliphatic carbocycles. The highest BCUT2D eigenvalue weighted by Crippen LogP contribution is 2.28. The van der Waals surface area contributed by atoms with E-state index in [0.29, 0.717) is 36.7 Å². The Bertz CT molecular complexity index is 1200. The number of aryl methyl sites for hydroxylation is 1. The van der Waals surface area contributed by atoms with Gasteiger partial charge in [0.25, 0.3) is 5.91 Å². The molecule has 3 heterocycles. The molecule has 0 unspecified atom stereocenters. The van der Waals surface area contributed by atoms with Gasteiger partial charge in [-0.2, -0.15) is 5.10 Å². The van der Waals surface area contributed by atoms with Crippen molar-refractivity contribution in [3.05, 3.63) is 71.9 Å². The van der Waals surface area contributed by atoms with Crippen molar-refractivity contribution in [2.75, 3.05) is 45.8 Å². The van der Waals surface area contributed by atoms with Crippen molar-refractivity contribution < 1.29 is 9.59 Å². The highest BCUT2D eigenvalue weighted by Gasteiger charge is 2.30. The van der Waals surface area contributed by atoms with Crippen molar-refractivity contribution in [2.24, 2.45) is 5.92 Å². The molecule has 0 N–H and O–H groups in total. The number of likely N-dealkylation sites (N-methyl/N-ethyl adjacent to an activating group) is 1. The molecule has 2 saturated heterocycles. The summed E-state index contributed by atoms with van der Waals surface area (Å²) in [6, 6.07) is 18.1. The third-order valence-corrected chi connectivity index (χ3v) is 7.83. The fourth-order valence-corrected chi connectivity index (χ4v) is 5.37. The molecule has 2 amide bonds. The van der Waals surface area contributed by atoms with Crippen LogP contribution in [0.25, 0.3) is 16.9 Å². The lowest BCUT2D eigenvalue weighted by Crippen LogP contribution is -2.49. The van der Waals surface area contributed by atoms with Gasteiger partial charge in [-0.25, -0.2) is 4.68 Å². The maximum Gasteiger partial charge on any atom is 0.257 e. The monoisotopic (exact) mass is 499 g/mol. The van der Waals surface area contributed by atoms with E-state index in [1.54, 1.807) is 4.68 Å². The molecule has 194 valence electrons. The van der Waals surface area contributed by atoms with E-state index in [9.17, 15) is 9.59 Å². The van der Waals surface area contributed by atoms with Gasteiger partial charge in [-0.15, -0.1) is 0 Å². The average Bonchev–Trinajstić information content (AvgIpc) is 3.39. The first-order valence-electron chi connectivity index (χ1n) is 13.5. The maximum atomic E-state index is 13.7. The number of aromatic nitrogens is 2. The zero-order valence-electron chi connectivity index (χ0n) is 22.0. The molecule has 0 atom stereocenters. The van der Waals surface area contributed by atoms with Crippen molar-refractivity contribution in [2.45, 2.75) is 33.1 Å². The van der Waals surface area contributed by atoms with Gasteiger partial charge in [0.2, 0.25) is 5.91 Å². The third kappa shape index (κ3) is 5.77. The van der Waals surface area contributed by atoms with E-state index < -0.39 is 0 Å². The van der Waals surface area contributed by atoms with Gasteiger partial charge in [0, 0.05) is 57.4 Å². The highest BCUT2D eigenvalue weighted by atomic mass is 16.2. The molecule has 5 rings (SSSR count). The summed E-state index contributed by atoms with van der Waals surface area (Å²) in [5.41, 5.74) is 4.36. The van der Waals surface area contributed by atoms with E-state index in [0.717, 1.165) is 56.8 Å². The maximum absolute atomic E-state index is 13.7. The second kappa shape index (κ2) is 11.3.